The maximum Gasteiger partial charge on any atom is 0.120 e. The molecule has 5 fully saturated rings. The van der Waals surface area contributed by atoms with Crippen molar-refractivity contribution < 1.29 is 9.53 Å². The van der Waals surface area contributed by atoms with Crippen LogP contribution in [0.2, 0.25) is 0 Å². The van der Waals surface area contributed by atoms with Crippen LogP contribution in [0.4, 0.5) is 0 Å². The van der Waals surface area contributed by atoms with Gasteiger partial charge in [-0.3, -0.25) is 0 Å². The van der Waals surface area contributed by atoms with Gasteiger partial charge in [-0.1, -0.05) is 20.8 Å². The Hall–Kier alpha value is -0.370. The summed E-state index contributed by atoms with van der Waals surface area (Å²) in [4.78, 5) is 11.1. The molecule has 0 amide bonds. The lowest BCUT2D eigenvalue weighted by Crippen LogP contribution is -2.57. The van der Waals surface area contributed by atoms with Gasteiger partial charge in [-0.15, -0.1) is 0 Å². The van der Waals surface area contributed by atoms with Crippen LogP contribution in [0.1, 0.15) is 78.6 Å². The molecule has 26 heavy (non-hydrogen) atoms. The summed E-state index contributed by atoms with van der Waals surface area (Å²) in [7, 11) is 1.99. The number of carbonyl (C=O) groups excluding carboxylic acids is 1. The lowest BCUT2D eigenvalue weighted by molar-refractivity contribution is -0.161. The van der Waals surface area contributed by atoms with E-state index in [1.807, 2.05) is 7.11 Å². The average molecular weight is 359 g/mol. The maximum absolute atomic E-state index is 11.1. The zero-order chi connectivity index (χ0) is 18.3. The lowest BCUT2D eigenvalue weighted by atomic mass is 9.45. The van der Waals surface area contributed by atoms with Crippen molar-refractivity contribution in [3.05, 3.63) is 0 Å². The highest BCUT2D eigenvalue weighted by atomic mass is 16.5. The predicted octanol–water partition coefficient (Wildman–Crippen LogP) is 5.50. The fourth-order valence-corrected chi connectivity index (χ4v) is 9.87. The van der Waals surface area contributed by atoms with Gasteiger partial charge in [0.2, 0.25) is 0 Å². The quantitative estimate of drug-likeness (QED) is 0.621. The van der Waals surface area contributed by atoms with Crippen LogP contribution in [0, 0.1) is 51.8 Å². The topological polar surface area (TPSA) is 26.3 Å². The molecule has 5 rings (SSSR count). The van der Waals surface area contributed by atoms with E-state index in [9.17, 15) is 4.79 Å². The molecular formula is C24H38O2. The molecule has 5 aliphatic rings. The highest BCUT2D eigenvalue weighted by Crippen LogP contribution is 2.82. The van der Waals surface area contributed by atoms with Gasteiger partial charge in [-0.2, -0.15) is 0 Å². The Kier molecular flexibility index (Phi) is 3.80. The minimum absolute atomic E-state index is 0.463. The van der Waals surface area contributed by atoms with Gasteiger partial charge in [0.05, 0.1) is 6.10 Å². The average Bonchev–Trinajstić information content (AvgIpc) is 3.12. The van der Waals surface area contributed by atoms with Gasteiger partial charge in [0, 0.05) is 18.9 Å². The summed E-state index contributed by atoms with van der Waals surface area (Å²) in [5.41, 5.74) is 1.54. The molecule has 1 unspecified atom stereocenters. The largest absolute Gasteiger partial charge is 0.381 e. The van der Waals surface area contributed by atoms with Crippen LogP contribution < -0.4 is 0 Å². The SMILES string of the molecule is CO[C@@H]1C[C@H]2[C@@H]3CCC([C@H](C)CC=O)[C@@]3(C)CC[C@@H]2[C@@]2(C)CC[C@@H]3C[C@]312. The summed E-state index contributed by atoms with van der Waals surface area (Å²) in [5, 5.41) is 0. The molecule has 0 aromatic carbocycles. The summed E-state index contributed by atoms with van der Waals surface area (Å²) in [6.45, 7) is 7.59. The second kappa shape index (κ2) is 5.58. The van der Waals surface area contributed by atoms with E-state index in [4.69, 9.17) is 4.74 Å². The van der Waals surface area contributed by atoms with E-state index < -0.39 is 0 Å². The molecule has 2 heteroatoms. The molecule has 0 N–H and O–H groups in total. The van der Waals surface area contributed by atoms with Crippen molar-refractivity contribution in [3.8, 4) is 0 Å². The summed E-state index contributed by atoms with van der Waals surface area (Å²) in [6, 6.07) is 0. The van der Waals surface area contributed by atoms with E-state index in [1.165, 1.54) is 51.4 Å². The summed E-state index contributed by atoms with van der Waals surface area (Å²) in [6.07, 6.45) is 13.7. The molecule has 0 aromatic heterocycles. The van der Waals surface area contributed by atoms with Crippen molar-refractivity contribution in [2.75, 3.05) is 7.11 Å². The number of ether oxygens (including phenoxy) is 1. The Bertz CT molecular complexity index is 601. The fourth-order valence-electron chi connectivity index (χ4n) is 9.87. The number of carbonyl (C=O) groups is 1. The molecule has 5 aliphatic carbocycles. The van der Waals surface area contributed by atoms with E-state index in [0.29, 0.717) is 28.3 Å². The van der Waals surface area contributed by atoms with Gasteiger partial charge < -0.3 is 9.53 Å². The first-order valence-electron chi connectivity index (χ1n) is 11.4. The molecule has 0 bridgehead atoms. The fraction of sp³-hybridized carbons (Fsp3) is 0.958. The van der Waals surface area contributed by atoms with Crippen molar-refractivity contribution in [2.24, 2.45) is 51.8 Å². The van der Waals surface area contributed by atoms with Gasteiger partial charge in [0.1, 0.15) is 6.29 Å². The molecule has 0 heterocycles. The summed E-state index contributed by atoms with van der Waals surface area (Å²) in [5.74, 6) is 4.94. The van der Waals surface area contributed by atoms with Gasteiger partial charge >= 0.3 is 0 Å². The lowest BCUT2D eigenvalue weighted by Gasteiger charge is -2.61. The van der Waals surface area contributed by atoms with Crippen molar-refractivity contribution in [3.63, 3.8) is 0 Å². The standard InChI is InChI=1S/C24H38O2/c1-15(9-12-25)18-5-6-19-17-13-21(26-4)24-14-16(24)7-11-23(24,3)20(17)8-10-22(18,19)2/h12,15-21H,5-11,13-14H2,1-4H3/t15-,16-,17+,18?,19+,20+,21-,22-,23-,24+/m1/s1. The summed E-state index contributed by atoms with van der Waals surface area (Å²) >= 11 is 0. The number of rotatable bonds is 4. The predicted molar refractivity (Wildman–Crippen MR) is 104 cm³/mol. The van der Waals surface area contributed by atoms with Gasteiger partial charge in [-0.25, -0.2) is 0 Å². The second-order valence-corrected chi connectivity index (χ2v) is 11.3. The van der Waals surface area contributed by atoms with Crippen LogP contribution in [-0.4, -0.2) is 19.5 Å². The number of fused-ring (bicyclic) bond motifs is 4. The van der Waals surface area contributed by atoms with E-state index in [-0.39, 0.29) is 0 Å². The van der Waals surface area contributed by atoms with Crippen LogP contribution in [0.15, 0.2) is 0 Å². The normalized spacial score (nSPS) is 58.3. The number of methoxy groups -OCH3 is 1. The smallest absolute Gasteiger partial charge is 0.120 e. The maximum atomic E-state index is 11.1. The molecular weight excluding hydrogens is 320 g/mol. The molecule has 0 saturated heterocycles. The van der Waals surface area contributed by atoms with Gasteiger partial charge in [0.15, 0.2) is 0 Å². The number of aldehydes is 1. The van der Waals surface area contributed by atoms with Gasteiger partial charge in [-0.05, 0) is 97.7 Å². The third kappa shape index (κ3) is 1.91. The molecule has 146 valence electrons. The van der Waals surface area contributed by atoms with E-state index in [1.54, 1.807) is 0 Å². The number of hydrogen-bond acceptors (Lipinski definition) is 2. The third-order valence-corrected chi connectivity index (χ3v) is 11.1. The Balaban J connectivity index is 1.47. The first-order chi connectivity index (χ1) is 12.4. The van der Waals surface area contributed by atoms with Crippen LogP contribution in [0.5, 0.6) is 0 Å². The summed E-state index contributed by atoms with van der Waals surface area (Å²) < 4.78 is 6.21. The van der Waals surface area contributed by atoms with Crippen LogP contribution in [-0.2, 0) is 9.53 Å². The molecule has 0 aromatic rings. The number of hydrogen-bond donors (Lipinski definition) is 0. The monoisotopic (exact) mass is 358 g/mol. The zero-order valence-electron chi connectivity index (χ0n) is 17.3. The van der Waals surface area contributed by atoms with Crippen molar-refractivity contribution in [2.45, 2.75) is 84.7 Å². The third-order valence-electron chi connectivity index (χ3n) is 11.1. The highest BCUT2D eigenvalue weighted by molar-refractivity contribution is 5.49. The van der Waals surface area contributed by atoms with Crippen molar-refractivity contribution >= 4 is 6.29 Å². The molecule has 0 aliphatic heterocycles. The van der Waals surface area contributed by atoms with Crippen LogP contribution in [0.3, 0.4) is 0 Å². The first kappa shape index (κ1) is 17.7. The Labute approximate surface area is 159 Å². The molecule has 10 atom stereocenters. The van der Waals surface area contributed by atoms with Crippen molar-refractivity contribution in [1.82, 2.24) is 0 Å². The van der Waals surface area contributed by atoms with Gasteiger partial charge in [0.25, 0.3) is 0 Å². The molecule has 5 saturated carbocycles. The minimum atomic E-state index is 0.463. The van der Waals surface area contributed by atoms with E-state index >= 15 is 0 Å². The van der Waals surface area contributed by atoms with E-state index in [2.05, 4.69) is 20.8 Å². The Morgan fingerprint density at radius 2 is 1.92 bits per heavy atom. The first-order valence-corrected chi connectivity index (χ1v) is 11.4. The second-order valence-electron chi connectivity index (χ2n) is 11.3. The minimum Gasteiger partial charge on any atom is -0.381 e. The van der Waals surface area contributed by atoms with E-state index in [0.717, 1.165) is 42.3 Å². The Morgan fingerprint density at radius 1 is 1.12 bits per heavy atom. The molecule has 1 spiro atoms. The Morgan fingerprint density at radius 3 is 2.62 bits per heavy atom. The highest BCUT2D eigenvalue weighted by Gasteiger charge is 2.77. The van der Waals surface area contributed by atoms with Crippen LogP contribution in [0.25, 0.3) is 0 Å². The zero-order valence-corrected chi connectivity index (χ0v) is 17.3. The van der Waals surface area contributed by atoms with Crippen molar-refractivity contribution in [1.29, 1.82) is 0 Å². The molecule has 2 nitrogen and oxygen atoms in total. The molecule has 0 radical (unpaired) electrons. The van der Waals surface area contributed by atoms with Crippen LogP contribution >= 0.6 is 0 Å².